The van der Waals surface area contributed by atoms with Gasteiger partial charge < -0.3 is 20.6 Å². The van der Waals surface area contributed by atoms with E-state index in [0.717, 1.165) is 75.6 Å². The van der Waals surface area contributed by atoms with Crippen LogP contribution in [0.15, 0.2) is 22.7 Å². The molecule has 2 fully saturated rings. The molecule has 146 valence electrons. The Hall–Kier alpha value is -0.690. The Balaban J connectivity index is 1.35. The lowest BCUT2D eigenvalue weighted by Crippen LogP contribution is -2.46. The molecule has 2 aliphatic rings. The van der Waals surface area contributed by atoms with Gasteiger partial charge >= 0.3 is 0 Å². The molecule has 6 heteroatoms. The number of halogens is 2. The van der Waals surface area contributed by atoms with Gasteiger partial charge in [-0.25, -0.2) is 4.39 Å². The Labute approximate surface area is 164 Å². The average Bonchev–Trinajstić information content (AvgIpc) is 2.63. The van der Waals surface area contributed by atoms with Gasteiger partial charge in [0, 0.05) is 29.6 Å². The standard InChI is InChI=1S/C20H31BrFN3O/c21-15-4-9-20(19(22)13-15)25-12-1-3-17(14-25)24-11-2-10-23-16-5-7-18(26)8-6-16/h4,9,13,16-18,23-24,26H,1-3,5-8,10-12,14H2. The van der Waals surface area contributed by atoms with Crippen LogP contribution in [0.1, 0.15) is 44.9 Å². The van der Waals surface area contributed by atoms with E-state index >= 15 is 0 Å². The quantitative estimate of drug-likeness (QED) is 0.583. The molecular weight excluding hydrogens is 397 g/mol. The molecule has 1 saturated heterocycles. The first kappa shape index (κ1) is 20.1. The highest BCUT2D eigenvalue weighted by Crippen LogP contribution is 2.26. The van der Waals surface area contributed by atoms with Gasteiger partial charge in [0.25, 0.3) is 0 Å². The summed E-state index contributed by atoms with van der Waals surface area (Å²) in [6, 6.07) is 6.32. The first-order chi connectivity index (χ1) is 12.6. The van der Waals surface area contributed by atoms with Crippen molar-refractivity contribution >= 4 is 21.6 Å². The number of anilines is 1. The van der Waals surface area contributed by atoms with Crippen molar-refractivity contribution in [1.29, 1.82) is 0 Å². The zero-order chi connectivity index (χ0) is 18.4. The summed E-state index contributed by atoms with van der Waals surface area (Å²) in [4.78, 5) is 2.16. The number of nitrogens with one attached hydrogen (secondary N) is 2. The summed E-state index contributed by atoms with van der Waals surface area (Å²) < 4.78 is 15.0. The molecule has 1 unspecified atom stereocenters. The SMILES string of the molecule is OC1CCC(NCCCNC2CCCN(c3ccc(Br)cc3F)C2)CC1. The van der Waals surface area contributed by atoms with E-state index < -0.39 is 0 Å². The van der Waals surface area contributed by atoms with E-state index in [-0.39, 0.29) is 11.9 Å². The first-order valence-electron chi connectivity index (χ1n) is 9.96. The predicted molar refractivity (Wildman–Crippen MR) is 108 cm³/mol. The van der Waals surface area contributed by atoms with Gasteiger partial charge in [0.05, 0.1) is 11.8 Å². The number of benzene rings is 1. The summed E-state index contributed by atoms with van der Waals surface area (Å²) in [5.41, 5.74) is 0.709. The van der Waals surface area contributed by atoms with E-state index in [2.05, 4.69) is 31.5 Å². The maximum absolute atomic E-state index is 14.2. The van der Waals surface area contributed by atoms with Crippen LogP contribution in [0, 0.1) is 5.82 Å². The van der Waals surface area contributed by atoms with E-state index in [1.807, 2.05) is 12.1 Å². The molecule has 1 heterocycles. The molecule has 26 heavy (non-hydrogen) atoms. The zero-order valence-corrected chi connectivity index (χ0v) is 17.0. The maximum atomic E-state index is 14.2. The van der Waals surface area contributed by atoms with Crippen LogP contribution in [0.4, 0.5) is 10.1 Å². The third-order valence-corrected chi connectivity index (χ3v) is 6.08. The molecule has 1 aromatic rings. The van der Waals surface area contributed by atoms with Crippen molar-refractivity contribution in [3.05, 3.63) is 28.5 Å². The van der Waals surface area contributed by atoms with Gasteiger partial charge in [0.1, 0.15) is 5.82 Å². The number of hydrogen-bond donors (Lipinski definition) is 3. The number of aliphatic hydroxyl groups is 1. The van der Waals surface area contributed by atoms with Crippen LogP contribution in [0.2, 0.25) is 0 Å². The van der Waals surface area contributed by atoms with Gasteiger partial charge in [-0.15, -0.1) is 0 Å². The molecule has 3 rings (SSSR count). The molecule has 0 aromatic heterocycles. The normalized spacial score (nSPS) is 26.9. The smallest absolute Gasteiger partial charge is 0.147 e. The highest BCUT2D eigenvalue weighted by atomic mass is 79.9. The second-order valence-corrected chi connectivity index (χ2v) is 8.56. The molecule has 0 amide bonds. The topological polar surface area (TPSA) is 47.5 Å². The van der Waals surface area contributed by atoms with E-state index in [1.165, 1.54) is 0 Å². The largest absolute Gasteiger partial charge is 0.393 e. The van der Waals surface area contributed by atoms with Gasteiger partial charge in [-0.3, -0.25) is 0 Å². The molecule has 4 nitrogen and oxygen atoms in total. The molecule has 3 N–H and O–H groups in total. The van der Waals surface area contributed by atoms with Gasteiger partial charge in [-0.1, -0.05) is 15.9 Å². The lowest BCUT2D eigenvalue weighted by molar-refractivity contribution is 0.117. The van der Waals surface area contributed by atoms with Crippen LogP contribution >= 0.6 is 15.9 Å². The average molecular weight is 428 g/mol. The van der Waals surface area contributed by atoms with E-state index in [4.69, 9.17) is 0 Å². The summed E-state index contributed by atoms with van der Waals surface area (Å²) in [6.07, 6.45) is 7.30. The number of hydrogen-bond acceptors (Lipinski definition) is 4. The highest BCUT2D eigenvalue weighted by molar-refractivity contribution is 9.10. The number of piperidine rings is 1. The Morgan fingerprint density at radius 1 is 1.08 bits per heavy atom. The minimum absolute atomic E-state index is 0.0838. The Kier molecular flexibility index (Phi) is 7.73. The van der Waals surface area contributed by atoms with Gasteiger partial charge in [-0.2, -0.15) is 0 Å². The monoisotopic (exact) mass is 427 g/mol. The van der Waals surface area contributed by atoms with Gasteiger partial charge in [0.2, 0.25) is 0 Å². The second kappa shape index (κ2) is 10.0. The molecule has 1 aliphatic heterocycles. The third kappa shape index (κ3) is 5.91. The summed E-state index contributed by atoms with van der Waals surface area (Å²) in [5, 5.41) is 16.8. The predicted octanol–water partition coefficient (Wildman–Crippen LogP) is 3.43. The lowest BCUT2D eigenvalue weighted by Gasteiger charge is -2.35. The zero-order valence-electron chi connectivity index (χ0n) is 15.4. The van der Waals surface area contributed by atoms with E-state index in [9.17, 15) is 9.50 Å². The van der Waals surface area contributed by atoms with Crippen LogP contribution in [-0.2, 0) is 0 Å². The minimum atomic E-state index is -0.151. The van der Waals surface area contributed by atoms with Crippen molar-refractivity contribution in [3.63, 3.8) is 0 Å². The van der Waals surface area contributed by atoms with Crippen molar-refractivity contribution in [2.24, 2.45) is 0 Å². The Bertz CT molecular complexity index is 566. The molecule has 0 spiro atoms. The molecular formula is C20H31BrFN3O. The van der Waals surface area contributed by atoms with E-state index in [1.54, 1.807) is 6.07 Å². The van der Waals surface area contributed by atoms with Crippen LogP contribution in [0.3, 0.4) is 0 Å². The maximum Gasteiger partial charge on any atom is 0.147 e. The van der Waals surface area contributed by atoms with E-state index in [0.29, 0.717) is 17.8 Å². The lowest BCUT2D eigenvalue weighted by atomic mass is 9.93. The fourth-order valence-corrected chi connectivity index (χ4v) is 4.41. The van der Waals surface area contributed by atoms with Crippen LogP contribution < -0.4 is 15.5 Å². The van der Waals surface area contributed by atoms with Crippen molar-refractivity contribution in [2.45, 2.75) is 63.1 Å². The third-order valence-electron chi connectivity index (χ3n) is 5.59. The summed E-state index contributed by atoms with van der Waals surface area (Å²) in [6.45, 7) is 3.80. The fraction of sp³-hybridized carbons (Fsp3) is 0.700. The number of aliphatic hydroxyl groups excluding tert-OH is 1. The Morgan fingerprint density at radius 2 is 1.81 bits per heavy atom. The number of rotatable bonds is 7. The van der Waals surface area contributed by atoms with Crippen molar-refractivity contribution < 1.29 is 9.50 Å². The van der Waals surface area contributed by atoms with Crippen molar-refractivity contribution in [1.82, 2.24) is 10.6 Å². The molecule has 1 aliphatic carbocycles. The summed E-state index contributed by atoms with van der Waals surface area (Å²) in [7, 11) is 0. The molecule has 1 atom stereocenters. The Morgan fingerprint density at radius 3 is 2.54 bits per heavy atom. The first-order valence-corrected chi connectivity index (χ1v) is 10.8. The van der Waals surface area contributed by atoms with Crippen molar-refractivity contribution in [2.75, 3.05) is 31.1 Å². The number of nitrogens with zero attached hydrogens (tertiary/aromatic N) is 1. The second-order valence-electron chi connectivity index (χ2n) is 7.65. The van der Waals surface area contributed by atoms with Gasteiger partial charge in [-0.05, 0) is 76.2 Å². The molecule has 0 bridgehead atoms. The fourth-order valence-electron chi connectivity index (χ4n) is 4.08. The van der Waals surface area contributed by atoms with Gasteiger partial charge in [0.15, 0.2) is 0 Å². The minimum Gasteiger partial charge on any atom is -0.393 e. The van der Waals surface area contributed by atoms with Crippen LogP contribution in [-0.4, -0.2) is 49.5 Å². The summed E-state index contributed by atoms with van der Waals surface area (Å²) >= 11 is 3.32. The molecule has 1 aromatic carbocycles. The molecule has 0 radical (unpaired) electrons. The highest BCUT2D eigenvalue weighted by Gasteiger charge is 2.22. The van der Waals surface area contributed by atoms with Crippen molar-refractivity contribution in [3.8, 4) is 0 Å². The summed E-state index contributed by atoms with van der Waals surface area (Å²) in [5.74, 6) is -0.151. The molecule has 1 saturated carbocycles. The van der Waals surface area contributed by atoms with Crippen LogP contribution in [0.5, 0.6) is 0 Å². The van der Waals surface area contributed by atoms with Crippen LogP contribution in [0.25, 0.3) is 0 Å².